The Kier molecular flexibility index (Phi) is 6.56. The lowest BCUT2D eigenvalue weighted by Gasteiger charge is -2.12. The van der Waals surface area contributed by atoms with Crippen molar-refractivity contribution in [3.63, 3.8) is 0 Å². The Labute approximate surface area is 175 Å². The number of nitrogens with zero attached hydrogens (tertiary/aromatic N) is 4. The van der Waals surface area contributed by atoms with Crippen LogP contribution in [0.2, 0.25) is 0 Å². The molecule has 8 nitrogen and oxygen atoms in total. The zero-order chi connectivity index (χ0) is 21.7. The Balaban J connectivity index is 1.92. The Morgan fingerprint density at radius 1 is 1.20 bits per heavy atom. The van der Waals surface area contributed by atoms with Gasteiger partial charge in [0.15, 0.2) is 0 Å². The highest BCUT2D eigenvalue weighted by Crippen LogP contribution is 2.28. The molecule has 8 heteroatoms. The van der Waals surface area contributed by atoms with Crippen molar-refractivity contribution >= 4 is 29.2 Å². The molecule has 156 valence electrons. The van der Waals surface area contributed by atoms with Crippen LogP contribution in [-0.4, -0.2) is 36.4 Å². The molecule has 0 aromatic heterocycles. The van der Waals surface area contributed by atoms with Crippen molar-refractivity contribution in [3.05, 3.63) is 64.2 Å². The number of methoxy groups -OCH3 is 1. The van der Waals surface area contributed by atoms with Gasteiger partial charge in [-0.05, 0) is 54.3 Å². The summed E-state index contributed by atoms with van der Waals surface area (Å²) >= 11 is 0. The van der Waals surface area contributed by atoms with Gasteiger partial charge in [0, 0.05) is 24.9 Å². The van der Waals surface area contributed by atoms with E-state index in [0.717, 1.165) is 12.0 Å². The molecule has 1 atom stereocenters. The number of aliphatic imine (C=N–C) groups is 1. The van der Waals surface area contributed by atoms with E-state index in [9.17, 15) is 14.9 Å². The summed E-state index contributed by atoms with van der Waals surface area (Å²) in [7, 11) is 1.59. The number of carbonyl (C=O) groups excluding carboxylic acids is 1. The zero-order valence-corrected chi connectivity index (χ0v) is 17.2. The first kappa shape index (κ1) is 21.2. The van der Waals surface area contributed by atoms with Gasteiger partial charge in [-0.1, -0.05) is 13.8 Å². The van der Waals surface area contributed by atoms with Crippen LogP contribution in [0.15, 0.2) is 58.6 Å². The molecular formula is C22H24N4O4. The second-order valence-electron chi connectivity index (χ2n) is 7.35. The molecule has 1 aliphatic rings. The van der Waals surface area contributed by atoms with E-state index >= 15 is 0 Å². The van der Waals surface area contributed by atoms with Crippen LogP contribution in [-0.2, 0) is 4.79 Å². The number of hydrogen-bond acceptors (Lipinski definition) is 6. The van der Waals surface area contributed by atoms with Gasteiger partial charge in [0.05, 0.1) is 23.4 Å². The topological polar surface area (TPSA) is 97.4 Å². The van der Waals surface area contributed by atoms with Crippen molar-refractivity contribution in [2.24, 2.45) is 21.9 Å². The fraction of sp³-hybridized carbons (Fsp3) is 0.318. The van der Waals surface area contributed by atoms with Gasteiger partial charge in [0.25, 0.3) is 11.6 Å². The Bertz CT molecular complexity index is 966. The van der Waals surface area contributed by atoms with Crippen LogP contribution in [0.3, 0.4) is 0 Å². The van der Waals surface area contributed by atoms with Crippen LogP contribution < -0.4 is 9.75 Å². The molecule has 1 amide bonds. The summed E-state index contributed by atoms with van der Waals surface area (Å²) < 4.78 is 5.20. The number of hydrogen-bond donors (Lipinski definition) is 0. The highest BCUT2D eigenvalue weighted by molar-refractivity contribution is 6.29. The van der Waals surface area contributed by atoms with E-state index < -0.39 is 10.8 Å². The molecule has 2 aromatic rings. The second-order valence-corrected chi connectivity index (χ2v) is 7.35. The molecule has 0 saturated heterocycles. The van der Waals surface area contributed by atoms with Crippen LogP contribution in [0, 0.1) is 22.0 Å². The largest absolute Gasteiger partial charge is 0.497 e. The van der Waals surface area contributed by atoms with Crippen LogP contribution in [0.25, 0.3) is 0 Å². The average molecular weight is 408 g/mol. The molecule has 3 rings (SSSR count). The fourth-order valence-electron chi connectivity index (χ4n) is 3.01. The maximum atomic E-state index is 13.1. The van der Waals surface area contributed by atoms with Gasteiger partial charge in [-0.2, -0.15) is 10.1 Å². The summed E-state index contributed by atoms with van der Waals surface area (Å²) in [6.45, 7) is 4.88. The van der Waals surface area contributed by atoms with Crippen molar-refractivity contribution in [3.8, 4) is 5.75 Å². The molecule has 2 aromatic carbocycles. The minimum Gasteiger partial charge on any atom is -0.497 e. The number of anilines is 1. The van der Waals surface area contributed by atoms with E-state index in [1.807, 2.05) is 24.3 Å². The van der Waals surface area contributed by atoms with E-state index in [1.54, 1.807) is 13.3 Å². The third kappa shape index (κ3) is 4.71. The maximum Gasteiger partial charge on any atom is 0.269 e. The molecule has 1 heterocycles. The average Bonchev–Trinajstić information content (AvgIpc) is 3.07. The number of nitro benzene ring substituents is 1. The minimum absolute atomic E-state index is 0.0449. The van der Waals surface area contributed by atoms with Gasteiger partial charge in [-0.15, -0.1) is 0 Å². The summed E-state index contributed by atoms with van der Waals surface area (Å²) in [6, 6.07) is 13.1. The molecule has 0 bridgehead atoms. The number of ether oxygens (including phenoxy) is 1. The number of rotatable bonds is 8. The van der Waals surface area contributed by atoms with Crippen LogP contribution in [0.1, 0.15) is 25.8 Å². The van der Waals surface area contributed by atoms with Gasteiger partial charge in [0.2, 0.25) is 0 Å². The van der Waals surface area contributed by atoms with Crippen molar-refractivity contribution in [1.82, 2.24) is 0 Å². The van der Waals surface area contributed by atoms with E-state index in [4.69, 9.17) is 4.74 Å². The van der Waals surface area contributed by atoms with Crippen molar-refractivity contribution < 1.29 is 14.5 Å². The first-order chi connectivity index (χ1) is 14.4. The first-order valence-corrected chi connectivity index (χ1v) is 9.72. The predicted molar refractivity (Wildman–Crippen MR) is 116 cm³/mol. The van der Waals surface area contributed by atoms with Gasteiger partial charge in [-0.25, -0.2) is 0 Å². The number of hydrazone groups is 1. The summed E-state index contributed by atoms with van der Waals surface area (Å²) in [5, 5.41) is 16.7. The lowest BCUT2D eigenvalue weighted by atomic mass is 9.97. The summed E-state index contributed by atoms with van der Waals surface area (Å²) in [5.74, 6) is 0.356. The number of nitro groups is 1. The molecule has 0 spiro atoms. The maximum absolute atomic E-state index is 13.1. The lowest BCUT2D eigenvalue weighted by Crippen LogP contribution is -2.28. The molecule has 1 aliphatic heterocycles. The Hall–Kier alpha value is -3.55. The van der Waals surface area contributed by atoms with Crippen molar-refractivity contribution in [2.75, 3.05) is 18.7 Å². The van der Waals surface area contributed by atoms with Crippen LogP contribution in [0.4, 0.5) is 11.4 Å². The Morgan fingerprint density at radius 3 is 2.43 bits per heavy atom. The van der Waals surface area contributed by atoms with Crippen LogP contribution in [0.5, 0.6) is 5.75 Å². The Morgan fingerprint density at radius 2 is 1.87 bits per heavy atom. The standard InChI is InChI=1S/C22H24N4O4/c1-15(2)12-13-23-14-20-21(16-4-10-19(30-3)11-5-16)24-25(22(20)27)17-6-8-18(9-7-17)26(28)29/h4-11,14-15,20H,12-13H2,1-3H3. The number of benzene rings is 2. The van der Waals surface area contributed by atoms with E-state index in [0.29, 0.717) is 29.6 Å². The number of non-ortho nitro benzene ring substituents is 1. The third-order valence-corrected chi connectivity index (χ3v) is 4.76. The lowest BCUT2D eigenvalue weighted by molar-refractivity contribution is -0.384. The van der Waals surface area contributed by atoms with Gasteiger partial charge in [-0.3, -0.25) is 19.9 Å². The van der Waals surface area contributed by atoms with E-state index in [-0.39, 0.29) is 11.6 Å². The molecule has 0 aliphatic carbocycles. The number of carbonyl (C=O) groups is 1. The normalized spacial score (nSPS) is 16.4. The molecule has 30 heavy (non-hydrogen) atoms. The molecule has 0 radical (unpaired) electrons. The SMILES string of the molecule is COc1ccc(C2=NN(c3ccc([N+](=O)[O-])cc3)C(=O)C2C=NCCC(C)C)cc1. The van der Waals surface area contributed by atoms with Crippen molar-refractivity contribution in [1.29, 1.82) is 0 Å². The fourth-order valence-corrected chi connectivity index (χ4v) is 3.01. The van der Waals surface area contributed by atoms with Gasteiger partial charge in [0.1, 0.15) is 11.7 Å². The van der Waals surface area contributed by atoms with E-state index in [1.165, 1.54) is 29.3 Å². The van der Waals surface area contributed by atoms with Gasteiger partial charge >= 0.3 is 0 Å². The zero-order valence-electron chi connectivity index (χ0n) is 17.2. The third-order valence-electron chi connectivity index (χ3n) is 4.76. The number of amides is 1. The summed E-state index contributed by atoms with van der Waals surface area (Å²) in [6.07, 6.45) is 2.58. The molecule has 0 fully saturated rings. The molecular weight excluding hydrogens is 384 g/mol. The smallest absolute Gasteiger partial charge is 0.269 e. The van der Waals surface area contributed by atoms with Crippen LogP contribution >= 0.6 is 0 Å². The van der Waals surface area contributed by atoms with Crippen molar-refractivity contribution in [2.45, 2.75) is 20.3 Å². The molecule has 0 N–H and O–H groups in total. The minimum atomic E-state index is -0.624. The first-order valence-electron chi connectivity index (χ1n) is 9.72. The predicted octanol–water partition coefficient (Wildman–Crippen LogP) is 4.09. The molecule has 1 unspecified atom stereocenters. The summed E-state index contributed by atoms with van der Waals surface area (Å²) in [4.78, 5) is 28.0. The molecule has 0 saturated carbocycles. The monoisotopic (exact) mass is 408 g/mol. The summed E-state index contributed by atoms with van der Waals surface area (Å²) in [5.41, 5.74) is 1.79. The van der Waals surface area contributed by atoms with Gasteiger partial charge < -0.3 is 4.74 Å². The highest BCUT2D eigenvalue weighted by atomic mass is 16.6. The second kappa shape index (κ2) is 9.30. The van der Waals surface area contributed by atoms with E-state index in [2.05, 4.69) is 23.9 Å². The quantitative estimate of drug-likeness (QED) is 0.373. The highest BCUT2D eigenvalue weighted by Gasteiger charge is 2.36.